The average molecular weight is 372 g/mol. The van der Waals surface area contributed by atoms with Crippen molar-refractivity contribution in [3.63, 3.8) is 0 Å². The molecule has 138 valence electrons. The van der Waals surface area contributed by atoms with E-state index in [4.69, 9.17) is 0 Å². The van der Waals surface area contributed by atoms with Gasteiger partial charge >= 0.3 is 0 Å². The Morgan fingerprint density at radius 2 is 2.00 bits per heavy atom. The molecule has 0 radical (unpaired) electrons. The molecule has 0 spiro atoms. The Balaban J connectivity index is 1.41. The smallest absolute Gasteiger partial charge is 0.261 e. The first-order chi connectivity index (χ1) is 12.6. The number of nitrogens with one attached hydrogen (secondary N) is 1. The normalized spacial score (nSPS) is 18.0. The Hall–Kier alpha value is -1.99. The molecule has 1 amide bonds. The first-order valence-electron chi connectivity index (χ1n) is 9.28. The van der Waals surface area contributed by atoms with Gasteiger partial charge in [0.15, 0.2) is 0 Å². The molecule has 7 heteroatoms. The fraction of sp³-hybridized carbons (Fsp3) is 0.526. The molecule has 0 bridgehead atoms. The minimum Gasteiger partial charge on any atom is -0.336 e. The summed E-state index contributed by atoms with van der Waals surface area (Å²) in [5.74, 6) is -0.135. The maximum Gasteiger partial charge on any atom is 0.261 e. The SMILES string of the molecule is Cc1nc(CN2CCN(C(=O)c3cc4c([nH]c3=O)CCCC4)CC2)cs1. The van der Waals surface area contributed by atoms with Crippen molar-refractivity contribution in [3.05, 3.63) is 49.3 Å². The number of carbonyl (C=O) groups excluding carboxylic acids is 1. The van der Waals surface area contributed by atoms with Crippen LogP contribution in [0.2, 0.25) is 0 Å². The topological polar surface area (TPSA) is 69.3 Å². The number of pyridine rings is 1. The van der Waals surface area contributed by atoms with Gasteiger partial charge in [0.1, 0.15) is 5.56 Å². The zero-order valence-electron chi connectivity index (χ0n) is 15.1. The number of carbonyl (C=O) groups is 1. The first-order valence-corrected chi connectivity index (χ1v) is 10.2. The molecule has 4 rings (SSSR count). The van der Waals surface area contributed by atoms with Crippen LogP contribution in [0.4, 0.5) is 0 Å². The van der Waals surface area contributed by atoms with Gasteiger partial charge in [-0.3, -0.25) is 14.5 Å². The molecule has 0 saturated carbocycles. The number of rotatable bonds is 3. The lowest BCUT2D eigenvalue weighted by atomic mass is 9.95. The first kappa shape index (κ1) is 17.4. The van der Waals surface area contributed by atoms with E-state index in [2.05, 4.69) is 20.2 Å². The second kappa shape index (κ2) is 7.32. The number of aromatic amines is 1. The number of fused-ring (bicyclic) bond motifs is 1. The van der Waals surface area contributed by atoms with Gasteiger partial charge in [-0.25, -0.2) is 4.98 Å². The molecule has 0 aromatic carbocycles. The Labute approximate surface area is 156 Å². The van der Waals surface area contributed by atoms with Gasteiger partial charge in [-0.05, 0) is 44.2 Å². The van der Waals surface area contributed by atoms with Gasteiger partial charge in [0.2, 0.25) is 0 Å². The number of aryl methyl sites for hydroxylation is 3. The van der Waals surface area contributed by atoms with Gasteiger partial charge < -0.3 is 9.88 Å². The van der Waals surface area contributed by atoms with Crippen molar-refractivity contribution in [2.45, 2.75) is 39.2 Å². The van der Waals surface area contributed by atoms with Gasteiger partial charge in [0.05, 0.1) is 10.7 Å². The standard InChI is InChI=1S/C19H24N4O2S/c1-13-20-15(12-26-13)11-22-6-8-23(9-7-22)19(25)16-10-14-4-2-3-5-17(14)21-18(16)24/h10,12H,2-9,11H2,1H3,(H,21,24). The predicted octanol–water partition coefficient (Wildman–Crippen LogP) is 1.98. The lowest BCUT2D eigenvalue weighted by Crippen LogP contribution is -2.49. The molecule has 1 fully saturated rings. The molecular formula is C19H24N4O2S. The third kappa shape index (κ3) is 3.59. The molecule has 26 heavy (non-hydrogen) atoms. The molecule has 1 aliphatic heterocycles. The monoisotopic (exact) mass is 372 g/mol. The van der Waals surface area contributed by atoms with Crippen LogP contribution in [-0.4, -0.2) is 51.9 Å². The third-order valence-corrected chi connectivity index (χ3v) is 6.10. The Bertz CT molecular complexity index is 865. The lowest BCUT2D eigenvalue weighted by Gasteiger charge is -2.34. The molecular weight excluding hydrogens is 348 g/mol. The molecule has 2 aromatic heterocycles. The van der Waals surface area contributed by atoms with Crippen LogP contribution in [0.25, 0.3) is 0 Å². The van der Waals surface area contributed by atoms with Crippen LogP contribution < -0.4 is 5.56 Å². The number of amides is 1. The van der Waals surface area contributed by atoms with E-state index in [1.807, 2.05) is 17.9 Å². The molecule has 2 aromatic rings. The van der Waals surface area contributed by atoms with E-state index < -0.39 is 0 Å². The van der Waals surface area contributed by atoms with Crippen molar-refractivity contribution in [2.24, 2.45) is 0 Å². The van der Waals surface area contributed by atoms with Crippen molar-refractivity contribution < 1.29 is 4.79 Å². The maximum absolute atomic E-state index is 12.9. The number of piperazine rings is 1. The third-order valence-electron chi connectivity index (χ3n) is 5.28. The molecule has 3 heterocycles. The zero-order valence-corrected chi connectivity index (χ0v) is 15.9. The number of aromatic nitrogens is 2. The number of thiazole rings is 1. The van der Waals surface area contributed by atoms with Crippen molar-refractivity contribution in [1.82, 2.24) is 19.8 Å². The van der Waals surface area contributed by atoms with E-state index in [1.165, 1.54) is 0 Å². The van der Waals surface area contributed by atoms with E-state index in [0.29, 0.717) is 18.7 Å². The Morgan fingerprint density at radius 1 is 1.23 bits per heavy atom. The van der Waals surface area contributed by atoms with Crippen LogP contribution in [0, 0.1) is 6.92 Å². The van der Waals surface area contributed by atoms with E-state index in [9.17, 15) is 9.59 Å². The second-order valence-corrected chi connectivity index (χ2v) is 8.21. The summed E-state index contributed by atoms with van der Waals surface area (Å²) in [4.78, 5) is 36.8. The fourth-order valence-electron chi connectivity index (χ4n) is 3.82. The van der Waals surface area contributed by atoms with Gasteiger partial charge in [-0.2, -0.15) is 0 Å². The predicted molar refractivity (Wildman–Crippen MR) is 102 cm³/mol. The van der Waals surface area contributed by atoms with E-state index in [-0.39, 0.29) is 11.5 Å². The summed E-state index contributed by atoms with van der Waals surface area (Å²) in [5.41, 5.74) is 3.31. The second-order valence-electron chi connectivity index (χ2n) is 7.15. The summed E-state index contributed by atoms with van der Waals surface area (Å²) in [6.07, 6.45) is 4.10. The van der Waals surface area contributed by atoms with E-state index in [0.717, 1.165) is 67.3 Å². The van der Waals surface area contributed by atoms with Crippen LogP contribution in [0.1, 0.15) is 45.2 Å². The fourth-order valence-corrected chi connectivity index (χ4v) is 4.43. The summed E-state index contributed by atoms with van der Waals surface area (Å²) in [6.45, 7) is 5.76. The minimum atomic E-state index is -0.240. The highest BCUT2D eigenvalue weighted by Crippen LogP contribution is 2.19. The molecule has 2 aliphatic rings. The highest BCUT2D eigenvalue weighted by Gasteiger charge is 2.25. The van der Waals surface area contributed by atoms with Gasteiger partial charge in [0.25, 0.3) is 11.5 Å². The number of hydrogen-bond donors (Lipinski definition) is 1. The van der Waals surface area contributed by atoms with Gasteiger partial charge in [-0.15, -0.1) is 11.3 Å². The summed E-state index contributed by atoms with van der Waals surface area (Å²) in [6, 6.07) is 1.83. The largest absolute Gasteiger partial charge is 0.336 e. The molecule has 6 nitrogen and oxygen atoms in total. The van der Waals surface area contributed by atoms with Crippen molar-refractivity contribution in [3.8, 4) is 0 Å². The summed E-state index contributed by atoms with van der Waals surface area (Å²) >= 11 is 1.67. The minimum absolute atomic E-state index is 0.135. The quantitative estimate of drug-likeness (QED) is 0.894. The molecule has 1 N–H and O–H groups in total. The summed E-state index contributed by atoms with van der Waals surface area (Å²) in [7, 11) is 0. The van der Waals surface area contributed by atoms with Crippen molar-refractivity contribution in [1.29, 1.82) is 0 Å². The zero-order chi connectivity index (χ0) is 18.1. The average Bonchev–Trinajstić information content (AvgIpc) is 3.06. The molecule has 0 atom stereocenters. The highest BCUT2D eigenvalue weighted by molar-refractivity contribution is 7.09. The van der Waals surface area contributed by atoms with Crippen LogP contribution in [-0.2, 0) is 19.4 Å². The van der Waals surface area contributed by atoms with Crippen molar-refractivity contribution in [2.75, 3.05) is 26.2 Å². The molecule has 0 unspecified atom stereocenters. The molecule has 1 saturated heterocycles. The van der Waals surface area contributed by atoms with Gasteiger partial charge in [-0.1, -0.05) is 0 Å². The van der Waals surface area contributed by atoms with E-state index >= 15 is 0 Å². The Kier molecular flexibility index (Phi) is 4.91. The summed E-state index contributed by atoms with van der Waals surface area (Å²) in [5, 5.41) is 3.18. The van der Waals surface area contributed by atoms with Crippen LogP contribution >= 0.6 is 11.3 Å². The van der Waals surface area contributed by atoms with Crippen LogP contribution in [0.15, 0.2) is 16.2 Å². The van der Waals surface area contributed by atoms with Crippen molar-refractivity contribution >= 4 is 17.2 Å². The number of hydrogen-bond acceptors (Lipinski definition) is 5. The number of H-pyrrole nitrogens is 1. The van der Waals surface area contributed by atoms with Crippen LogP contribution in [0.3, 0.4) is 0 Å². The maximum atomic E-state index is 12.9. The number of nitrogens with zero attached hydrogens (tertiary/aromatic N) is 3. The Morgan fingerprint density at radius 3 is 2.73 bits per heavy atom. The van der Waals surface area contributed by atoms with Gasteiger partial charge in [0, 0.05) is 43.8 Å². The highest BCUT2D eigenvalue weighted by atomic mass is 32.1. The van der Waals surface area contributed by atoms with E-state index in [1.54, 1.807) is 11.3 Å². The summed E-state index contributed by atoms with van der Waals surface area (Å²) < 4.78 is 0. The lowest BCUT2D eigenvalue weighted by molar-refractivity contribution is 0.0625. The van der Waals surface area contributed by atoms with Crippen LogP contribution in [0.5, 0.6) is 0 Å². The molecule has 1 aliphatic carbocycles.